The Morgan fingerprint density at radius 3 is 2.92 bits per heavy atom. The number of fused-ring (bicyclic) bond motifs is 1. The predicted molar refractivity (Wildman–Crippen MR) is 50.6 cm³/mol. The van der Waals surface area contributed by atoms with E-state index in [1.165, 1.54) is 6.42 Å². The van der Waals surface area contributed by atoms with Crippen molar-refractivity contribution in [2.75, 3.05) is 13.1 Å². The largest absolute Gasteiger partial charge is 0.316 e. The summed E-state index contributed by atoms with van der Waals surface area (Å²) in [6.45, 7) is 2.13. The highest BCUT2D eigenvalue weighted by Crippen LogP contribution is 2.30. The van der Waals surface area contributed by atoms with Gasteiger partial charge < -0.3 is 5.32 Å². The lowest BCUT2D eigenvalue weighted by molar-refractivity contribution is -0.127. The van der Waals surface area contributed by atoms with Gasteiger partial charge in [-0.2, -0.15) is 0 Å². The van der Waals surface area contributed by atoms with Gasteiger partial charge in [0.05, 0.1) is 0 Å². The molecule has 2 nitrogen and oxygen atoms in total. The van der Waals surface area contributed by atoms with E-state index in [2.05, 4.69) is 5.32 Å². The maximum Gasteiger partial charge on any atom is 0.136 e. The number of nitrogens with one attached hydrogen (secondary N) is 1. The molecular formula is C9H16ClNO. The zero-order valence-electron chi connectivity index (χ0n) is 7.21. The van der Waals surface area contributed by atoms with Crippen molar-refractivity contribution < 1.29 is 4.79 Å². The molecule has 1 aliphatic carbocycles. The molecule has 0 aromatic heterocycles. The van der Waals surface area contributed by atoms with E-state index in [1.54, 1.807) is 0 Å². The number of rotatable bonds is 0. The van der Waals surface area contributed by atoms with Crippen LogP contribution in [-0.4, -0.2) is 18.9 Å². The molecule has 0 spiro atoms. The van der Waals surface area contributed by atoms with Crippen LogP contribution in [0.5, 0.6) is 0 Å². The Bertz CT molecular complexity index is 170. The minimum atomic E-state index is 0. The molecule has 1 N–H and O–H groups in total. The van der Waals surface area contributed by atoms with Gasteiger partial charge in [-0.05, 0) is 38.3 Å². The third kappa shape index (κ3) is 1.80. The van der Waals surface area contributed by atoms with E-state index >= 15 is 0 Å². The van der Waals surface area contributed by atoms with Crippen LogP contribution in [0.3, 0.4) is 0 Å². The molecule has 2 fully saturated rings. The van der Waals surface area contributed by atoms with E-state index in [9.17, 15) is 4.79 Å². The van der Waals surface area contributed by atoms with E-state index < -0.39 is 0 Å². The molecule has 70 valence electrons. The molecule has 1 saturated heterocycles. The molecule has 0 unspecified atom stereocenters. The van der Waals surface area contributed by atoms with E-state index in [-0.39, 0.29) is 12.4 Å². The maximum absolute atomic E-state index is 11.4. The van der Waals surface area contributed by atoms with Crippen molar-refractivity contribution in [1.82, 2.24) is 5.32 Å². The molecule has 2 atom stereocenters. The van der Waals surface area contributed by atoms with Crippen LogP contribution in [0.25, 0.3) is 0 Å². The van der Waals surface area contributed by atoms with Crippen molar-refractivity contribution in [2.24, 2.45) is 11.8 Å². The summed E-state index contributed by atoms with van der Waals surface area (Å²) in [5.74, 6) is 1.62. The van der Waals surface area contributed by atoms with Crippen LogP contribution in [-0.2, 0) is 4.79 Å². The molecule has 2 aliphatic rings. The van der Waals surface area contributed by atoms with Gasteiger partial charge in [-0.25, -0.2) is 0 Å². The van der Waals surface area contributed by atoms with Crippen LogP contribution in [0.4, 0.5) is 0 Å². The average Bonchev–Trinajstić information content (AvgIpc) is 2.06. The van der Waals surface area contributed by atoms with Crippen molar-refractivity contribution in [2.45, 2.75) is 25.7 Å². The predicted octanol–water partition coefficient (Wildman–Crippen LogP) is 1.39. The summed E-state index contributed by atoms with van der Waals surface area (Å²) in [4.78, 5) is 11.4. The third-order valence-electron chi connectivity index (χ3n) is 3.02. The molecule has 0 amide bonds. The molecule has 0 bridgehead atoms. The Morgan fingerprint density at radius 1 is 1.33 bits per heavy atom. The van der Waals surface area contributed by atoms with Gasteiger partial charge in [-0.3, -0.25) is 4.79 Å². The molecule has 0 aromatic carbocycles. The highest BCUT2D eigenvalue weighted by molar-refractivity contribution is 5.85. The first-order valence-corrected chi connectivity index (χ1v) is 4.61. The molecule has 0 aromatic rings. The summed E-state index contributed by atoms with van der Waals surface area (Å²) in [7, 11) is 0. The minimum absolute atomic E-state index is 0. The van der Waals surface area contributed by atoms with Gasteiger partial charge in [0.25, 0.3) is 0 Å². The van der Waals surface area contributed by atoms with Gasteiger partial charge in [0.1, 0.15) is 5.78 Å². The Balaban J connectivity index is 0.000000720. The Labute approximate surface area is 79.5 Å². The fourth-order valence-electron chi connectivity index (χ4n) is 2.37. The second-order valence-electron chi connectivity index (χ2n) is 3.72. The summed E-state index contributed by atoms with van der Waals surface area (Å²) in [5, 5.41) is 3.35. The number of hydrogen-bond donors (Lipinski definition) is 1. The summed E-state index contributed by atoms with van der Waals surface area (Å²) in [6, 6.07) is 0. The number of carbonyl (C=O) groups excluding carboxylic acids is 1. The SMILES string of the molecule is Cl.O=C1CCC[C@@H]2CNCC[C@@H]12. The maximum atomic E-state index is 11.4. The number of halogens is 1. The molecule has 12 heavy (non-hydrogen) atoms. The fraction of sp³-hybridized carbons (Fsp3) is 0.889. The average molecular weight is 190 g/mol. The standard InChI is InChI=1S/C9H15NO.ClH/c11-9-3-1-2-7-6-10-5-4-8(7)9;/h7-8,10H,1-6H2;1H/t7-,8-;/m1./s1. The van der Waals surface area contributed by atoms with E-state index in [0.29, 0.717) is 17.6 Å². The lowest BCUT2D eigenvalue weighted by Crippen LogP contribution is -2.42. The van der Waals surface area contributed by atoms with Crippen molar-refractivity contribution in [3.8, 4) is 0 Å². The molecule has 0 radical (unpaired) electrons. The number of Topliss-reactive ketones (excluding diaryl/α,β-unsaturated/α-hetero) is 1. The highest BCUT2D eigenvalue weighted by atomic mass is 35.5. The summed E-state index contributed by atoms with van der Waals surface area (Å²) in [6.07, 6.45) is 4.33. The summed E-state index contributed by atoms with van der Waals surface area (Å²) in [5.41, 5.74) is 0. The van der Waals surface area contributed by atoms with Crippen molar-refractivity contribution in [3.63, 3.8) is 0 Å². The lowest BCUT2D eigenvalue weighted by Gasteiger charge is -2.34. The lowest BCUT2D eigenvalue weighted by atomic mass is 9.75. The summed E-state index contributed by atoms with van der Waals surface area (Å²) < 4.78 is 0. The highest BCUT2D eigenvalue weighted by Gasteiger charge is 2.32. The van der Waals surface area contributed by atoms with Gasteiger partial charge in [0.2, 0.25) is 0 Å². The van der Waals surface area contributed by atoms with Crippen LogP contribution in [0.1, 0.15) is 25.7 Å². The number of ketones is 1. The Kier molecular flexibility index (Phi) is 3.53. The quantitative estimate of drug-likeness (QED) is 0.624. The van der Waals surface area contributed by atoms with Gasteiger partial charge >= 0.3 is 0 Å². The second-order valence-corrected chi connectivity index (χ2v) is 3.72. The monoisotopic (exact) mass is 189 g/mol. The smallest absolute Gasteiger partial charge is 0.136 e. The molecule has 1 heterocycles. The van der Waals surface area contributed by atoms with E-state index in [1.807, 2.05) is 0 Å². The Hall–Kier alpha value is -0.0800. The van der Waals surface area contributed by atoms with Crippen LogP contribution < -0.4 is 5.32 Å². The number of hydrogen-bond acceptors (Lipinski definition) is 2. The molecule has 1 saturated carbocycles. The van der Waals surface area contributed by atoms with Crippen LogP contribution in [0.2, 0.25) is 0 Å². The van der Waals surface area contributed by atoms with Crippen LogP contribution in [0, 0.1) is 11.8 Å². The van der Waals surface area contributed by atoms with Gasteiger partial charge in [0.15, 0.2) is 0 Å². The van der Waals surface area contributed by atoms with Crippen LogP contribution >= 0.6 is 12.4 Å². The number of carbonyl (C=O) groups is 1. The normalized spacial score (nSPS) is 35.2. The van der Waals surface area contributed by atoms with E-state index in [4.69, 9.17) is 0 Å². The zero-order valence-corrected chi connectivity index (χ0v) is 8.03. The van der Waals surface area contributed by atoms with Crippen LogP contribution in [0.15, 0.2) is 0 Å². The molecular weight excluding hydrogens is 174 g/mol. The molecule has 1 aliphatic heterocycles. The summed E-state index contributed by atoms with van der Waals surface area (Å²) >= 11 is 0. The second kappa shape index (κ2) is 4.24. The molecule has 3 heteroatoms. The first-order valence-electron chi connectivity index (χ1n) is 4.61. The van der Waals surface area contributed by atoms with E-state index in [0.717, 1.165) is 32.4 Å². The van der Waals surface area contributed by atoms with Crippen molar-refractivity contribution in [3.05, 3.63) is 0 Å². The zero-order chi connectivity index (χ0) is 7.68. The topological polar surface area (TPSA) is 29.1 Å². The van der Waals surface area contributed by atoms with Gasteiger partial charge in [-0.15, -0.1) is 12.4 Å². The third-order valence-corrected chi connectivity index (χ3v) is 3.02. The number of piperidine rings is 1. The first kappa shape index (κ1) is 10.0. The Morgan fingerprint density at radius 2 is 2.17 bits per heavy atom. The molecule has 2 rings (SSSR count). The first-order chi connectivity index (χ1) is 5.38. The van der Waals surface area contributed by atoms with Gasteiger partial charge in [0, 0.05) is 12.3 Å². The van der Waals surface area contributed by atoms with Crippen molar-refractivity contribution in [1.29, 1.82) is 0 Å². The fourth-order valence-corrected chi connectivity index (χ4v) is 2.37. The van der Waals surface area contributed by atoms with Gasteiger partial charge in [-0.1, -0.05) is 0 Å². The van der Waals surface area contributed by atoms with Crippen molar-refractivity contribution >= 4 is 18.2 Å². The minimum Gasteiger partial charge on any atom is -0.316 e.